The molecule has 0 aliphatic carbocycles. The fourth-order valence-electron chi connectivity index (χ4n) is 2.02. The Hall–Kier alpha value is -2.40. The molecule has 0 aliphatic rings. The number of benzene rings is 2. The van der Waals surface area contributed by atoms with Crippen LogP contribution in [0.4, 0.5) is 11.4 Å². The summed E-state index contributed by atoms with van der Waals surface area (Å²) < 4.78 is 10.7. The lowest BCUT2D eigenvalue weighted by atomic mass is 10.2. The number of nitrogens with one attached hydrogen (secondary N) is 1. The van der Waals surface area contributed by atoms with E-state index in [1.807, 2.05) is 13.0 Å². The van der Waals surface area contributed by atoms with E-state index in [9.17, 15) is 4.79 Å². The molecule has 0 heterocycles. The Morgan fingerprint density at radius 3 is 2.78 bits per heavy atom. The highest BCUT2D eigenvalue weighted by Gasteiger charge is 2.14. The van der Waals surface area contributed by atoms with Crippen LogP contribution in [0.3, 0.4) is 0 Å². The van der Waals surface area contributed by atoms with Crippen LogP contribution < -0.4 is 20.5 Å². The van der Waals surface area contributed by atoms with Crippen LogP contribution in [-0.2, 0) is 0 Å². The topological polar surface area (TPSA) is 73.6 Å². The van der Waals surface area contributed by atoms with Gasteiger partial charge in [0.25, 0.3) is 5.91 Å². The van der Waals surface area contributed by atoms with Crippen molar-refractivity contribution in [2.24, 2.45) is 0 Å². The molecule has 0 bridgehead atoms. The van der Waals surface area contributed by atoms with Gasteiger partial charge in [0.15, 0.2) is 0 Å². The van der Waals surface area contributed by atoms with Crippen LogP contribution in [0.5, 0.6) is 11.5 Å². The molecule has 0 fully saturated rings. The first kappa shape index (κ1) is 17.0. The highest BCUT2D eigenvalue weighted by atomic mass is 35.5. The van der Waals surface area contributed by atoms with Gasteiger partial charge in [-0.05, 0) is 30.7 Å². The molecule has 0 unspecified atom stereocenters. The van der Waals surface area contributed by atoms with Crippen LogP contribution in [0.15, 0.2) is 36.4 Å². The molecule has 122 valence electrons. The van der Waals surface area contributed by atoms with Crippen LogP contribution >= 0.6 is 11.6 Å². The van der Waals surface area contributed by atoms with Crippen molar-refractivity contribution in [1.29, 1.82) is 0 Å². The third kappa shape index (κ3) is 4.29. The normalized spacial score (nSPS) is 10.2. The number of nitrogen functional groups attached to an aromatic ring is 1. The van der Waals surface area contributed by atoms with E-state index in [1.54, 1.807) is 30.3 Å². The van der Waals surface area contributed by atoms with Crippen LogP contribution in [0.25, 0.3) is 0 Å². The third-order valence-electron chi connectivity index (χ3n) is 3.10. The quantitative estimate of drug-likeness (QED) is 0.784. The van der Waals surface area contributed by atoms with E-state index in [1.165, 1.54) is 7.11 Å². The van der Waals surface area contributed by atoms with Gasteiger partial charge in [-0.2, -0.15) is 0 Å². The second-order valence-corrected chi connectivity index (χ2v) is 5.32. The summed E-state index contributed by atoms with van der Waals surface area (Å²) in [5.74, 6) is 0.744. The first-order valence-corrected chi connectivity index (χ1v) is 7.60. The zero-order valence-electron chi connectivity index (χ0n) is 13.1. The Balaban J connectivity index is 2.22. The molecule has 0 aliphatic heterocycles. The molecule has 5 nitrogen and oxygen atoms in total. The summed E-state index contributed by atoms with van der Waals surface area (Å²) in [4.78, 5) is 12.4. The van der Waals surface area contributed by atoms with E-state index >= 15 is 0 Å². The van der Waals surface area contributed by atoms with E-state index in [2.05, 4.69) is 5.32 Å². The predicted octanol–water partition coefficient (Wildman–Crippen LogP) is 3.97. The number of halogens is 1. The van der Waals surface area contributed by atoms with E-state index in [0.717, 1.165) is 6.42 Å². The molecule has 2 rings (SSSR count). The highest BCUT2D eigenvalue weighted by Crippen LogP contribution is 2.35. The number of carbonyl (C=O) groups excluding carboxylic acids is 1. The van der Waals surface area contributed by atoms with E-state index in [-0.39, 0.29) is 5.91 Å². The second kappa shape index (κ2) is 7.74. The van der Waals surface area contributed by atoms with Crippen LogP contribution in [0, 0.1) is 0 Å². The summed E-state index contributed by atoms with van der Waals surface area (Å²) in [6.45, 7) is 2.62. The molecule has 0 aromatic heterocycles. The number of anilines is 2. The molecule has 0 radical (unpaired) electrons. The van der Waals surface area contributed by atoms with Crippen LogP contribution in [0.2, 0.25) is 5.02 Å². The Bertz CT molecular complexity index is 704. The van der Waals surface area contributed by atoms with Gasteiger partial charge in [0.2, 0.25) is 0 Å². The van der Waals surface area contributed by atoms with Gasteiger partial charge in [-0.3, -0.25) is 4.79 Å². The molecule has 0 spiro atoms. The van der Waals surface area contributed by atoms with Crippen molar-refractivity contribution in [2.45, 2.75) is 13.3 Å². The second-order valence-electron chi connectivity index (χ2n) is 4.91. The zero-order chi connectivity index (χ0) is 16.8. The number of nitrogens with two attached hydrogens (primary N) is 1. The van der Waals surface area contributed by atoms with Crippen LogP contribution in [0.1, 0.15) is 23.7 Å². The first-order chi connectivity index (χ1) is 11.0. The molecule has 0 saturated carbocycles. The van der Waals surface area contributed by atoms with Gasteiger partial charge in [-0.1, -0.05) is 24.6 Å². The lowest BCUT2D eigenvalue weighted by Crippen LogP contribution is -2.13. The number of hydrogen-bond donors (Lipinski definition) is 2. The molecule has 2 aromatic carbocycles. The standard InChI is InChI=1S/C17H19ClN2O3/c1-3-7-23-13-6-4-5-11(8-13)17(21)20-16-14(18)9-12(19)10-15(16)22-2/h4-6,8-10H,3,7,19H2,1-2H3,(H,20,21). The maximum absolute atomic E-state index is 12.4. The van der Waals surface area contributed by atoms with Crippen molar-refractivity contribution in [3.8, 4) is 11.5 Å². The van der Waals surface area contributed by atoms with Gasteiger partial charge in [-0.15, -0.1) is 0 Å². The van der Waals surface area contributed by atoms with Crippen molar-refractivity contribution in [2.75, 3.05) is 24.8 Å². The Morgan fingerprint density at radius 2 is 2.09 bits per heavy atom. The molecule has 1 amide bonds. The molecule has 23 heavy (non-hydrogen) atoms. The Labute approximate surface area is 140 Å². The van der Waals surface area contributed by atoms with Gasteiger partial charge in [0.1, 0.15) is 17.2 Å². The van der Waals surface area contributed by atoms with Gasteiger partial charge in [0.05, 0.1) is 18.7 Å². The van der Waals surface area contributed by atoms with Gasteiger partial charge in [0, 0.05) is 17.3 Å². The number of ether oxygens (including phenoxy) is 2. The molecule has 2 aromatic rings. The van der Waals surface area contributed by atoms with Gasteiger partial charge in [-0.25, -0.2) is 0 Å². The first-order valence-electron chi connectivity index (χ1n) is 7.22. The van der Waals surface area contributed by atoms with Crippen LogP contribution in [-0.4, -0.2) is 19.6 Å². The number of amides is 1. The summed E-state index contributed by atoms with van der Waals surface area (Å²) >= 11 is 6.15. The Kier molecular flexibility index (Phi) is 5.71. The number of methoxy groups -OCH3 is 1. The summed E-state index contributed by atoms with van der Waals surface area (Å²) in [6, 6.07) is 10.1. The lowest BCUT2D eigenvalue weighted by molar-refractivity contribution is 0.102. The van der Waals surface area contributed by atoms with Crippen molar-refractivity contribution in [3.05, 3.63) is 47.0 Å². The van der Waals surface area contributed by atoms with Crippen molar-refractivity contribution in [3.63, 3.8) is 0 Å². The minimum Gasteiger partial charge on any atom is -0.494 e. The highest BCUT2D eigenvalue weighted by molar-refractivity contribution is 6.34. The molecular formula is C17H19ClN2O3. The lowest BCUT2D eigenvalue weighted by Gasteiger charge is -2.13. The van der Waals surface area contributed by atoms with Crippen molar-refractivity contribution < 1.29 is 14.3 Å². The van der Waals surface area contributed by atoms with Crippen molar-refractivity contribution >= 4 is 28.9 Å². The minimum atomic E-state index is -0.308. The van der Waals surface area contributed by atoms with E-state index in [0.29, 0.717) is 40.1 Å². The monoisotopic (exact) mass is 334 g/mol. The summed E-state index contributed by atoms with van der Waals surface area (Å²) in [7, 11) is 1.49. The van der Waals surface area contributed by atoms with Gasteiger partial charge < -0.3 is 20.5 Å². The largest absolute Gasteiger partial charge is 0.494 e. The van der Waals surface area contributed by atoms with E-state index in [4.69, 9.17) is 26.8 Å². The fraction of sp³-hybridized carbons (Fsp3) is 0.235. The number of carbonyl (C=O) groups is 1. The van der Waals surface area contributed by atoms with Crippen molar-refractivity contribution in [1.82, 2.24) is 0 Å². The Morgan fingerprint density at radius 1 is 1.30 bits per heavy atom. The smallest absolute Gasteiger partial charge is 0.255 e. The average Bonchev–Trinajstić information content (AvgIpc) is 2.55. The summed E-state index contributed by atoms with van der Waals surface area (Å²) in [6.07, 6.45) is 0.897. The summed E-state index contributed by atoms with van der Waals surface area (Å²) in [5.41, 5.74) is 7.03. The summed E-state index contributed by atoms with van der Waals surface area (Å²) in [5, 5.41) is 3.06. The zero-order valence-corrected chi connectivity index (χ0v) is 13.8. The fourth-order valence-corrected chi connectivity index (χ4v) is 2.28. The third-order valence-corrected chi connectivity index (χ3v) is 3.40. The minimum absolute atomic E-state index is 0.308. The maximum atomic E-state index is 12.4. The SMILES string of the molecule is CCCOc1cccc(C(=O)Nc2c(Cl)cc(N)cc2OC)c1. The molecular weight excluding hydrogens is 316 g/mol. The van der Waals surface area contributed by atoms with Gasteiger partial charge >= 0.3 is 0 Å². The van der Waals surface area contributed by atoms with E-state index < -0.39 is 0 Å². The average molecular weight is 335 g/mol. The number of hydrogen-bond acceptors (Lipinski definition) is 4. The molecule has 6 heteroatoms. The maximum Gasteiger partial charge on any atom is 0.255 e. The molecule has 3 N–H and O–H groups in total. The molecule has 0 saturated heterocycles. The molecule has 0 atom stereocenters. The number of rotatable bonds is 6. The predicted molar refractivity (Wildman–Crippen MR) is 92.6 cm³/mol.